The average molecular weight is 576 g/mol. The van der Waals surface area contributed by atoms with Crippen LogP contribution in [0.1, 0.15) is 22.3 Å². The van der Waals surface area contributed by atoms with Gasteiger partial charge in [-0.2, -0.15) is 0 Å². The monoisotopic (exact) mass is 575 g/mol. The van der Waals surface area contributed by atoms with Crippen LogP contribution < -0.4 is 9.64 Å². The Morgan fingerprint density at radius 3 is 1.53 bits per heavy atom. The number of para-hydroxylation sites is 2. The van der Waals surface area contributed by atoms with E-state index in [9.17, 15) is 0 Å². The van der Waals surface area contributed by atoms with E-state index >= 15 is 0 Å². The largest absolute Gasteiger partial charge is 0.457 e. The minimum Gasteiger partial charge on any atom is -0.457 e. The molecule has 0 saturated carbocycles. The number of nitrogens with zero attached hydrogens (tertiary/aromatic N) is 1. The van der Waals surface area contributed by atoms with E-state index in [1.165, 1.54) is 38.9 Å². The second kappa shape index (κ2) is 10.1. The molecule has 2 heteroatoms. The van der Waals surface area contributed by atoms with Gasteiger partial charge in [-0.15, -0.1) is 0 Å². The van der Waals surface area contributed by atoms with Crippen LogP contribution >= 0.6 is 0 Å². The maximum atomic E-state index is 6.69. The van der Waals surface area contributed by atoms with Crippen molar-refractivity contribution in [1.82, 2.24) is 0 Å². The number of anilines is 3. The van der Waals surface area contributed by atoms with Crippen molar-refractivity contribution in [3.8, 4) is 33.8 Å². The van der Waals surface area contributed by atoms with Gasteiger partial charge >= 0.3 is 0 Å². The number of hydrogen-bond donors (Lipinski definition) is 0. The average Bonchev–Trinajstić information content (AvgIpc) is 3.41. The van der Waals surface area contributed by atoms with E-state index in [4.69, 9.17) is 4.74 Å². The van der Waals surface area contributed by atoms with Gasteiger partial charge in [-0.05, 0) is 81.9 Å². The zero-order valence-corrected chi connectivity index (χ0v) is 24.6. The Morgan fingerprint density at radius 2 is 0.844 bits per heavy atom. The molecule has 1 aliphatic carbocycles. The highest BCUT2D eigenvalue weighted by Gasteiger charge is 2.51. The number of rotatable bonds is 4. The van der Waals surface area contributed by atoms with Crippen molar-refractivity contribution in [2.45, 2.75) is 5.41 Å². The molecule has 45 heavy (non-hydrogen) atoms. The summed E-state index contributed by atoms with van der Waals surface area (Å²) in [6.07, 6.45) is 0. The van der Waals surface area contributed by atoms with E-state index in [0.717, 1.165) is 34.1 Å². The molecule has 7 aromatic carbocycles. The van der Waals surface area contributed by atoms with Gasteiger partial charge in [0.1, 0.15) is 11.5 Å². The Balaban J connectivity index is 1.28. The lowest BCUT2D eigenvalue weighted by Crippen LogP contribution is -2.32. The van der Waals surface area contributed by atoms with Gasteiger partial charge in [0.2, 0.25) is 0 Å². The smallest absolute Gasteiger partial charge is 0.132 e. The Labute approximate surface area is 263 Å². The molecule has 2 nitrogen and oxygen atoms in total. The van der Waals surface area contributed by atoms with Gasteiger partial charge in [-0.1, -0.05) is 127 Å². The standard InChI is InChI=1S/C43H29NO/c1-3-13-30(14-4-1)31-23-25-33(26-24-31)44(32-15-5-2-6-16-32)34-27-28-42-40(29-34)43(39-21-11-12-22-41(39)45-42)37-19-9-7-17-35(37)36-18-8-10-20-38(36)43/h1-29H. The van der Waals surface area contributed by atoms with Crippen LogP contribution in [0.3, 0.4) is 0 Å². The summed E-state index contributed by atoms with van der Waals surface area (Å²) in [5.41, 5.74) is 12.6. The molecule has 0 amide bonds. The van der Waals surface area contributed by atoms with Crippen LogP contribution in [-0.2, 0) is 5.41 Å². The third-order valence-corrected chi connectivity index (χ3v) is 9.34. The van der Waals surface area contributed by atoms with E-state index in [1.54, 1.807) is 0 Å². The summed E-state index contributed by atoms with van der Waals surface area (Å²) in [6.45, 7) is 0. The second-order valence-corrected chi connectivity index (χ2v) is 11.7. The first kappa shape index (κ1) is 25.6. The molecule has 1 spiro atoms. The third kappa shape index (κ3) is 3.82. The van der Waals surface area contributed by atoms with E-state index in [0.29, 0.717) is 0 Å². The maximum Gasteiger partial charge on any atom is 0.132 e. The maximum absolute atomic E-state index is 6.69. The predicted molar refractivity (Wildman–Crippen MR) is 184 cm³/mol. The van der Waals surface area contributed by atoms with Crippen LogP contribution in [0.4, 0.5) is 17.1 Å². The fraction of sp³-hybridized carbons (Fsp3) is 0.0233. The van der Waals surface area contributed by atoms with E-state index in [-0.39, 0.29) is 0 Å². The number of fused-ring (bicyclic) bond motifs is 9. The third-order valence-electron chi connectivity index (χ3n) is 9.34. The first-order valence-electron chi connectivity index (χ1n) is 15.4. The molecule has 0 aromatic heterocycles. The lowest BCUT2D eigenvalue weighted by Gasteiger charge is -2.40. The summed E-state index contributed by atoms with van der Waals surface area (Å²) in [6, 6.07) is 63.0. The van der Waals surface area contributed by atoms with Crippen molar-refractivity contribution < 1.29 is 4.74 Å². The van der Waals surface area contributed by atoms with Gasteiger partial charge in [0.05, 0.1) is 5.41 Å². The molecule has 7 aromatic rings. The summed E-state index contributed by atoms with van der Waals surface area (Å²) < 4.78 is 6.69. The number of hydrogen-bond acceptors (Lipinski definition) is 2. The van der Waals surface area contributed by atoms with Crippen molar-refractivity contribution in [3.63, 3.8) is 0 Å². The van der Waals surface area contributed by atoms with Crippen molar-refractivity contribution >= 4 is 17.1 Å². The van der Waals surface area contributed by atoms with Gasteiger partial charge < -0.3 is 9.64 Å². The zero-order chi connectivity index (χ0) is 29.8. The molecule has 0 saturated heterocycles. The van der Waals surface area contributed by atoms with Gasteiger partial charge in [0.25, 0.3) is 0 Å². The van der Waals surface area contributed by atoms with E-state index < -0.39 is 5.41 Å². The molecule has 0 bridgehead atoms. The molecule has 0 atom stereocenters. The summed E-state index contributed by atoms with van der Waals surface area (Å²) in [5, 5.41) is 0. The fourth-order valence-electron chi connectivity index (χ4n) is 7.44. The predicted octanol–water partition coefficient (Wildman–Crippen LogP) is 11.3. The zero-order valence-electron chi connectivity index (χ0n) is 24.6. The van der Waals surface area contributed by atoms with Gasteiger partial charge in [-0.3, -0.25) is 0 Å². The molecule has 0 N–H and O–H groups in total. The molecule has 0 unspecified atom stereocenters. The Hall–Kier alpha value is -5.86. The van der Waals surface area contributed by atoms with Gasteiger partial charge in [0, 0.05) is 28.2 Å². The minimum absolute atomic E-state index is 0.507. The normalized spacial score (nSPS) is 13.2. The first-order chi connectivity index (χ1) is 22.3. The molecular formula is C43H29NO. The first-order valence-corrected chi connectivity index (χ1v) is 15.4. The molecule has 1 heterocycles. The molecule has 1 aliphatic heterocycles. The van der Waals surface area contributed by atoms with Gasteiger partial charge in [0.15, 0.2) is 0 Å². The number of ether oxygens (including phenoxy) is 1. The molecule has 0 radical (unpaired) electrons. The summed E-state index contributed by atoms with van der Waals surface area (Å²) >= 11 is 0. The Kier molecular flexibility index (Phi) is 5.76. The molecule has 0 fully saturated rings. The van der Waals surface area contributed by atoms with Crippen molar-refractivity contribution in [1.29, 1.82) is 0 Å². The van der Waals surface area contributed by atoms with E-state index in [1.807, 2.05) is 0 Å². The number of benzene rings is 7. The van der Waals surface area contributed by atoms with Crippen LogP contribution in [0.25, 0.3) is 22.3 Å². The van der Waals surface area contributed by atoms with Crippen molar-refractivity contribution in [2.24, 2.45) is 0 Å². The van der Waals surface area contributed by atoms with Crippen LogP contribution in [0.15, 0.2) is 176 Å². The lowest BCUT2D eigenvalue weighted by atomic mass is 9.66. The molecular weight excluding hydrogens is 546 g/mol. The summed E-state index contributed by atoms with van der Waals surface area (Å²) in [7, 11) is 0. The highest BCUT2D eigenvalue weighted by atomic mass is 16.5. The SMILES string of the molecule is c1ccc(-c2ccc(N(c3ccccc3)c3ccc4c(c3)C3(c5ccccc5O4)c4ccccc4-c4ccccc43)cc2)cc1. The summed E-state index contributed by atoms with van der Waals surface area (Å²) in [4.78, 5) is 2.34. The van der Waals surface area contributed by atoms with Crippen LogP contribution in [0.2, 0.25) is 0 Å². The Bertz CT molecular complexity index is 2140. The molecule has 9 rings (SSSR count). The quantitative estimate of drug-likeness (QED) is 0.207. The van der Waals surface area contributed by atoms with Crippen molar-refractivity contribution in [2.75, 3.05) is 4.90 Å². The summed E-state index contributed by atoms with van der Waals surface area (Å²) in [5.74, 6) is 1.79. The highest BCUT2D eigenvalue weighted by molar-refractivity contribution is 5.89. The topological polar surface area (TPSA) is 12.5 Å². The highest BCUT2D eigenvalue weighted by Crippen LogP contribution is 2.62. The Morgan fingerprint density at radius 1 is 0.356 bits per heavy atom. The van der Waals surface area contributed by atoms with Crippen molar-refractivity contribution in [3.05, 3.63) is 198 Å². The van der Waals surface area contributed by atoms with Crippen LogP contribution in [-0.4, -0.2) is 0 Å². The minimum atomic E-state index is -0.507. The van der Waals surface area contributed by atoms with Gasteiger partial charge in [-0.25, -0.2) is 0 Å². The lowest BCUT2D eigenvalue weighted by molar-refractivity contribution is 0.436. The second-order valence-electron chi connectivity index (χ2n) is 11.7. The van der Waals surface area contributed by atoms with Crippen LogP contribution in [0, 0.1) is 0 Å². The molecule has 212 valence electrons. The van der Waals surface area contributed by atoms with Crippen LogP contribution in [0.5, 0.6) is 11.5 Å². The molecule has 2 aliphatic rings. The fourth-order valence-corrected chi connectivity index (χ4v) is 7.44. The van der Waals surface area contributed by atoms with E-state index in [2.05, 4.69) is 181 Å².